The molecule has 2 aromatic rings. The second kappa shape index (κ2) is 4.85. The van der Waals surface area contributed by atoms with Crippen LogP contribution in [0.4, 0.5) is 0 Å². The van der Waals surface area contributed by atoms with Crippen LogP contribution in [-0.4, -0.2) is 11.2 Å². The number of rotatable bonds is 3. The third-order valence-corrected chi connectivity index (χ3v) is 2.76. The smallest absolute Gasteiger partial charge is 0.134 e. The van der Waals surface area contributed by atoms with Crippen molar-refractivity contribution in [3.05, 3.63) is 46.6 Å². The van der Waals surface area contributed by atoms with Gasteiger partial charge in [-0.3, -0.25) is 0 Å². The summed E-state index contributed by atoms with van der Waals surface area (Å²) in [5.41, 5.74) is 1.03. The highest BCUT2D eigenvalue weighted by Gasteiger charge is 2.07. The SMILES string of the molecule is CC(O)Cc1ccc(-c2cccc(Br)c2)o1. The molecule has 84 valence electrons. The molecule has 1 unspecified atom stereocenters. The van der Waals surface area contributed by atoms with Crippen molar-refractivity contribution in [3.63, 3.8) is 0 Å². The molecule has 0 saturated heterocycles. The Hall–Kier alpha value is -1.06. The van der Waals surface area contributed by atoms with Gasteiger partial charge in [0.25, 0.3) is 0 Å². The van der Waals surface area contributed by atoms with Gasteiger partial charge in [0.2, 0.25) is 0 Å². The van der Waals surface area contributed by atoms with Crippen molar-refractivity contribution in [1.29, 1.82) is 0 Å². The normalized spacial score (nSPS) is 12.7. The maximum atomic E-state index is 9.26. The van der Waals surface area contributed by atoms with Crippen molar-refractivity contribution in [2.24, 2.45) is 0 Å². The van der Waals surface area contributed by atoms with Gasteiger partial charge in [-0.15, -0.1) is 0 Å². The van der Waals surface area contributed by atoms with Crippen LogP contribution in [0.5, 0.6) is 0 Å². The summed E-state index contributed by atoms with van der Waals surface area (Å²) in [6.07, 6.45) is 0.176. The van der Waals surface area contributed by atoms with Gasteiger partial charge in [0, 0.05) is 16.5 Å². The highest BCUT2D eigenvalue weighted by atomic mass is 79.9. The molecule has 1 aromatic carbocycles. The molecule has 1 heterocycles. The lowest BCUT2D eigenvalue weighted by Gasteiger charge is -2.00. The molecule has 0 radical (unpaired) electrons. The van der Waals surface area contributed by atoms with Gasteiger partial charge in [-0.05, 0) is 31.2 Å². The van der Waals surface area contributed by atoms with Crippen LogP contribution in [0, 0.1) is 0 Å². The van der Waals surface area contributed by atoms with E-state index in [9.17, 15) is 5.11 Å². The molecule has 1 atom stereocenters. The lowest BCUT2D eigenvalue weighted by Crippen LogP contribution is -2.02. The van der Waals surface area contributed by atoms with E-state index in [1.54, 1.807) is 6.92 Å². The highest BCUT2D eigenvalue weighted by molar-refractivity contribution is 9.10. The van der Waals surface area contributed by atoms with E-state index in [0.29, 0.717) is 6.42 Å². The number of benzene rings is 1. The Labute approximate surface area is 103 Å². The molecule has 2 nitrogen and oxygen atoms in total. The standard InChI is InChI=1S/C13H13BrO2/c1-9(15)7-12-5-6-13(16-12)10-3-2-4-11(14)8-10/h2-6,8-9,15H,7H2,1H3. The monoisotopic (exact) mass is 280 g/mol. The molecule has 0 saturated carbocycles. The Kier molecular flexibility index (Phi) is 3.46. The predicted octanol–water partition coefficient (Wildman–Crippen LogP) is 3.63. The first-order chi connectivity index (χ1) is 7.65. The summed E-state index contributed by atoms with van der Waals surface area (Å²) in [4.78, 5) is 0. The summed E-state index contributed by atoms with van der Waals surface area (Å²) in [5, 5.41) is 9.26. The zero-order valence-corrected chi connectivity index (χ0v) is 10.6. The molecule has 3 heteroatoms. The van der Waals surface area contributed by atoms with Gasteiger partial charge in [0.15, 0.2) is 0 Å². The number of aliphatic hydroxyl groups is 1. The fraction of sp³-hybridized carbons (Fsp3) is 0.231. The minimum atomic E-state index is -0.374. The zero-order chi connectivity index (χ0) is 11.5. The molecule has 0 aliphatic rings. The van der Waals surface area contributed by atoms with Crippen LogP contribution in [0.1, 0.15) is 12.7 Å². The lowest BCUT2D eigenvalue weighted by molar-refractivity contribution is 0.187. The molecule has 1 aromatic heterocycles. The molecule has 1 N–H and O–H groups in total. The average molecular weight is 281 g/mol. The van der Waals surface area contributed by atoms with Crippen molar-refractivity contribution < 1.29 is 9.52 Å². The van der Waals surface area contributed by atoms with Crippen LogP contribution in [0.15, 0.2) is 45.3 Å². The zero-order valence-electron chi connectivity index (χ0n) is 8.98. The van der Waals surface area contributed by atoms with Crippen molar-refractivity contribution in [2.45, 2.75) is 19.4 Å². The van der Waals surface area contributed by atoms with Crippen molar-refractivity contribution in [2.75, 3.05) is 0 Å². The van der Waals surface area contributed by atoms with Crippen LogP contribution in [-0.2, 0) is 6.42 Å². The Bertz CT molecular complexity index is 474. The molecule has 0 spiro atoms. The van der Waals surface area contributed by atoms with Crippen LogP contribution in [0.3, 0.4) is 0 Å². The van der Waals surface area contributed by atoms with Gasteiger partial charge < -0.3 is 9.52 Å². The van der Waals surface area contributed by atoms with E-state index in [1.807, 2.05) is 36.4 Å². The van der Waals surface area contributed by atoms with E-state index >= 15 is 0 Å². The number of hydrogen-bond acceptors (Lipinski definition) is 2. The van der Waals surface area contributed by atoms with E-state index in [-0.39, 0.29) is 6.10 Å². The Balaban J connectivity index is 2.24. The van der Waals surface area contributed by atoms with Crippen molar-refractivity contribution >= 4 is 15.9 Å². The minimum absolute atomic E-state index is 0.374. The van der Waals surface area contributed by atoms with Crippen LogP contribution in [0.25, 0.3) is 11.3 Å². The van der Waals surface area contributed by atoms with E-state index in [1.165, 1.54) is 0 Å². The summed E-state index contributed by atoms with van der Waals surface area (Å²) >= 11 is 3.42. The number of hydrogen-bond donors (Lipinski definition) is 1. The Morgan fingerprint density at radius 3 is 2.81 bits per heavy atom. The predicted molar refractivity (Wildman–Crippen MR) is 67.2 cm³/mol. The number of furan rings is 1. The summed E-state index contributed by atoms with van der Waals surface area (Å²) < 4.78 is 6.68. The van der Waals surface area contributed by atoms with Gasteiger partial charge in [-0.2, -0.15) is 0 Å². The van der Waals surface area contributed by atoms with E-state index in [4.69, 9.17) is 4.42 Å². The van der Waals surface area contributed by atoms with Crippen molar-refractivity contribution in [1.82, 2.24) is 0 Å². The third-order valence-electron chi connectivity index (χ3n) is 2.27. The summed E-state index contributed by atoms with van der Waals surface area (Å²) in [6.45, 7) is 1.75. The third kappa shape index (κ3) is 2.74. The Morgan fingerprint density at radius 2 is 2.12 bits per heavy atom. The number of halogens is 1. The quantitative estimate of drug-likeness (QED) is 0.932. The lowest BCUT2D eigenvalue weighted by atomic mass is 10.2. The first-order valence-corrected chi connectivity index (χ1v) is 5.97. The largest absolute Gasteiger partial charge is 0.461 e. The molecule has 0 bridgehead atoms. The second-order valence-electron chi connectivity index (χ2n) is 3.83. The molecule has 0 amide bonds. The fourth-order valence-electron chi connectivity index (χ4n) is 1.58. The van der Waals surface area contributed by atoms with Crippen LogP contribution < -0.4 is 0 Å². The van der Waals surface area contributed by atoms with Crippen molar-refractivity contribution in [3.8, 4) is 11.3 Å². The summed E-state index contributed by atoms with van der Waals surface area (Å²) in [5.74, 6) is 1.64. The maximum absolute atomic E-state index is 9.26. The van der Waals surface area contributed by atoms with Gasteiger partial charge in [-0.1, -0.05) is 28.1 Å². The molecule has 16 heavy (non-hydrogen) atoms. The molecule has 0 aliphatic carbocycles. The summed E-state index contributed by atoms with van der Waals surface area (Å²) in [6, 6.07) is 11.8. The van der Waals surface area contributed by atoms with Gasteiger partial charge in [0.05, 0.1) is 6.10 Å². The number of aliphatic hydroxyl groups excluding tert-OH is 1. The molecule has 0 aliphatic heterocycles. The second-order valence-corrected chi connectivity index (χ2v) is 4.75. The van der Waals surface area contributed by atoms with E-state index in [2.05, 4.69) is 15.9 Å². The van der Waals surface area contributed by atoms with Gasteiger partial charge in [0.1, 0.15) is 11.5 Å². The molecular formula is C13H13BrO2. The fourth-order valence-corrected chi connectivity index (χ4v) is 1.97. The molecule has 0 fully saturated rings. The van der Waals surface area contributed by atoms with E-state index < -0.39 is 0 Å². The van der Waals surface area contributed by atoms with Gasteiger partial charge >= 0.3 is 0 Å². The molecule has 2 rings (SSSR count). The topological polar surface area (TPSA) is 33.4 Å². The minimum Gasteiger partial charge on any atom is -0.461 e. The Morgan fingerprint density at radius 1 is 1.31 bits per heavy atom. The van der Waals surface area contributed by atoms with Crippen LogP contribution in [0.2, 0.25) is 0 Å². The first kappa shape index (κ1) is 11.4. The average Bonchev–Trinajstić information content (AvgIpc) is 2.65. The summed E-state index contributed by atoms with van der Waals surface area (Å²) in [7, 11) is 0. The van der Waals surface area contributed by atoms with Gasteiger partial charge in [-0.25, -0.2) is 0 Å². The first-order valence-electron chi connectivity index (χ1n) is 5.18. The van der Waals surface area contributed by atoms with Crippen LogP contribution >= 0.6 is 15.9 Å². The van der Waals surface area contributed by atoms with E-state index in [0.717, 1.165) is 21.6 Å². The maximum Gasteiger partial charge on any atom is 0.134 e. The highest BCUT2D eigenvalue weighted by Crippen LogP contribution is 2.25. The molecular weight excluding hydrogens is 268 g/mol.